The normalized spacial score (nSPS) is 12.2. The van der Waals surface area contributed by atoms with Crippen molar-refractivity contribution >= 4 is 5.96 Å². The number of ether oxygens (including phenoxy) is 1. The predicted octanol–water partition coefficient (Wildman–Crippen LogP) is 3.01. The molecule has 1 aromatic carbocycles. The molecule has 124 valence electrons. The quantitative estimate of drug-likeness (QED) is 0.626. The van der Waals surface area contributed by atoms with Crippen LogP contribution in [0.15, 0.2) is 23.2 Å². The third-order valence-electron chi connectivity index (χ3n) is 2.90. The molecule has 0 fully saturated rings. The molecular weight excluding hydrogens is 295 g/mol. The zero-order valence-electron chi connectivity index (χ0n) is 13.0. The number of aryl methyl sites for hydroxylation is 1. The van der Waals surface area contributed by atoms with E-state index in [0.717, 1.165) is 16.9 Å². The molecule has 0 saturated heterocycles. The number of methoxy groups -OCH3 is 1. The van der Waals surface area contributed by atoms with Crippen LogP contribution in [0.3, 0.4) is 0 Å². The summed E-state index contributed by atoms with van der Waals surface area (Å²) >= 11 is 0. The first kappa shape index (κ1) is 18.1. The molecule has 1 rings (SSSR count). The van der Waals surface area contributed by atoms with Crippen LogP contribution >= 0.6 is 0 Å². The molecule has 0 unspecified atom stereocenters. The molecule has 0 aliphatic heterocycles. The van der Waals surface area contributed by atoms with Gasteiger partial charge in [-0.3, -0.25) is 0 Å². The molecule has 0 aliphatic rings. The van der Waals surface area contributed by atoms with Gasteiger partial charge in [0.05, 0.1) is 20.1 Å². The second kappa shape index (κ2) is 8.51. The van der Waals surface area contributed by atoms with Crippen LogP contribution in [-0.2, 0) is 6.54 Å². The van der Waals surface area contributed by atoms with Crippen molar-refractivity contribution in [3.8, 4) is 5.75 Å². The molecule has 0 saturated carbocycles. The van der Waals surface area contributed by atoms with E-state index in [2.05, 4.69) is 15.6 Å². The molecular formula is C15H22F3N3O. The molecule has 22 heavy (non-hydrogen) atoms. The number of aliphatic imine (C=N–C) groups is 1. The fourth-order valence-corrected chi connectivity index (χ4v) is 1.81. The van der Waals surface area contributed by atoms with Gasteiger partial charge >= 0.3 is 6.18 Å². The number of rotatable bonds is 6. The van der Waals surface area contributed by atoms with Gasteiger partial charge in [-0.15, -0.1) is 0 Å². The first-order chi connectivity index (χ1) is 10.4. The van der Waals surface area contributed by atoms with Crippen LogP contribution < -0.4 is 15.4 Å². The number of nitrogens with one attached hydrogen (secondary N) is 2. The van der Waals surface area contributed by atoms with Gasteiger partial charge < -0.3 is 15.4 Å². The van der Waals surface area contributed by atoms with Crippen molar-refractivity contribution in [2.45, 2.75) is 33.0 Å². The maximum atomic E-state index is 12.2. The van der Waals surface area contributed by atoms with E-state index in [9.17, 15) is 13.2 Å². The lowest BCUT2D eigenvalue weighted by molar-refractivity contribution is -0.132. The second-order valence-electron chi connectivity index (χ2n) is 4.80. The standard InChI is InChI=1S/C15H22F3N3O/c1-4-19-14(20-8-7-15(16,17)18)21-10-12-6-5-11(2)9-13(12)22-3/h5-6,9H,4,7-8,10H2,1-3H3,(H2,19,20,21). The lowest BCUT2D eigenvalue weighted by Crippen LogP contribution is -2.38. The maximum Gasteiger partial charge on any atom is 0.390 e. The van der Waals surface area contributed by atoms with Crippen LogP contribution in [0.2, 0.25) is 0 Å². The first-order valence-corrected chi connectivity index (χ1v) is 7.08. The Balaban J connectivity index is 2.69. The van der Waals surface area contributed by atoms with E-state index in [1.54, 1.807) is 7.11 Å². The number of halogens is 3. The van der Waals surface area contributed by atoms with Crippen molar-refractivity contribution in [1.82, 2.24) is 10.6 Å². The average molecular weight is 317 g/mol. The number of guanidine groups is 1. The topological polar surface area (TPSA) is 45.7 Å². The molecule has 0 aliphatic carbocycles. The summed E-state index contributed by atoms with van der Waals surface area (Å²) in [6.45, 7) is 4.50. The second-order valence-corrected chi connectivity index (χ2v) is 4.80. The molecule has 0 heterocycles. The Kier molecular flexibility index (Phi) is 7.01. The predicted molar refractivity (Wildman–Crippen MR) is 81.2 cm³/mol. The number of hydrogen-bond donors (Lipinski definition) is 2. The lowest BCUT2D eigenvalue weighted by Gasteiger charge is -2.13. The zero-order chi connectivity index (χ0) is 16.6. The van der Waals surface area contributed by atoms with Crippen molar-refractivity contribution in [1.29, 1.82) is 0 Å². The number of alkyl halides is 3. The minimum atomic E-state index is -4.18. The average Bonchev–Trinajstić information content (AvgIpc) is 2.44. The molecule has 0 bridgehead atoms. The highest BCUT2D eigenvalue weighted by Gasteiger charge is 2.26. The fraction of sp³-hybridized carbons (Fsp3) is 0.533. The minimum Gasteiger partial charge on any atom is -0.496 e. The van der Waals surface area contributed by atoms with Gasteiger partial charge in [0, 0.05) is 18.7 Å². The summed E-state index contributed by atoms with van der Waals surface area (Å²) in [5.74, 6) is 1.07. The maximum absolute atomic E-state index is 12.2. The van der Waals surface area contributed by atoms with Gasteiger partial charge in [-0.2, -0.15) is 13.2 Å². The minimum absolute atomic E-state index is 0.208. The zero-order valence-corrected chi connectivity index (χ0v) is 13.0. The first-order valence-electron chi connectivity index (χ1n) is 7.08. The molecule has 0 spiro atoms. The molecule has 0 radical (unpaired) electrons. The molecule has 4 nitrogen and oxygen atoms in total. The third-order valence-corrected chi connectivity index (χ3v) is 2.90. The van der Waals surface area contributed by atoms with Crippen molar-refractivity contribution in [2.75, 3.05) is 20.2 Å². The van der Waals surface area contributed by atoms with Gasteiger partial charge in [0.15, 0.2) is 5.96 Å². The Morgan fingerprint density at radius 1 is 1.27 bits per heavy atom. The monoisotopic (exact) mass is 317 g/mol. The van der Waals surface area contributed by atoms with Crippen LogP contribution in [-0.4, -0.2) is 32.3 Å². The van der Waals surface area contributed by atoms with Gasteiger partial charge in [-0.1, -0.05) is 12.1 Å². The Hall–Kier alpha value is -1.92. The van der Waals surface area contributed by atoms with Crippen LogP contribution in [0.25, 0.3) is 0 Å². The summed E-state index contributed by atoms with van der Waals surface area (Å²) in [5.41, 5.74) is 1.95. The van der Waals surface area contributed by atoms with Crippen molar-refractivity contribution in [3.63, 3.8) is 0 Å². The van der Waals surface area contributed by atoms with E-state index in [1.807, 2.05) is 32.0 Å². The molecule has 0 amide bonds. The van der Waals surface area contributed by atoms with Gasteiger partial charge in [0.2, 0.25) is 0 Å². The largest absolute Gasteiger partial charge is 0.496 e. The molecule has 1 aromatic rings. The van der Waals surface area contributed by atoms with Gasteiger partial charge in [0.1, 0.15) is 5.75 Å². The number of benzene rings is 1. The van der Waals surface area contributed by atoms with E-state index in [4.69, 9.17) is 4.74 Å². The third kappa shape index (κ3) is 6.69. The summed E-state index contributed by atoms with van der Waals surface area (Å²) in [6.07, 6.45) is -5.07. The van der Waals surface area contributed by atoms with Crippen molar-refractivity contribution < 1.29 is 17.9 Å². The Bertz CT molecular complexity index is 501. The SMILES string of the molecule is CCNC(=NCc1ccc(C)cc1OC)NCCC(F)(F)F. The van der Waals surface area contributed by atoms with Crippen LogP contribution in [0, 0.1) is 6.92 Å². The van der Waals surface area contributed by atoms with Crippen LogP contribution in [0.1, 0.15) is 24.5 Å². The molecule has 0 atom stereocenters. The Labute approximate surface area is 128 Å². The molecule has 7 heteroatoms. The van der Waals surface area contributed by atoms with E-state index < -0.39 is 12.6 Å². The van der Waals surface area contributed by atoms with Crippen LogP contribution in [0.5, 0.6) is 5.75 Å². The van der Waals surface area contributed by atoms with E-state index >= 15 is 0 Å². The Morgan fingerprint density at radius 2 is 2.00 bits per heavy atom. The number of nitrogens with zero attached hydrogens (tertiary/aromatic N) is 1. The lowest BCUT2D eigenvalue weighted by atomic mass is 10.1. The summed E-state index contributed by atoms with van der Waals surface area (Å²) in [6, 6.07) is 5.74. The van der Waals surface area contributed by atoms with E-state index in [-0.39, 0.29) is 6.54 Å². The number of hydrogen-bond acceptors (Lipinski definition) is 2. The highest BCUT2D eigenvalue weighted by molar-refractivity contribution is 5.79. The Morgan fingerprint density at radius 3 is 2.59 bits per heavy atom. The summed E-state index contributed by atoms with van der Waals surface area (Å²) in [4.78, 5) is 4.29. The van der Waals surface area contributed by atoms with Gasteiger partial charge in [-0.25, -0.2) is 4.99 Å². The molecule has 2 N–H and O–H groups in total. The fourth-order valence-electron chi connectivity index (χ4n) is 1.81. The van der Waals surface area contributed by atoms with Crippen molar-refractivity contribution in [3.05, 3.63) is 29.3 Å². The summed E-state index contributed by atoms with van der Waals surface area (Å²) < 4.78 is 41.8. The smallest absolute Gasteiger partial charge is 0.390 e. The van der Waals surface area contributed by atoms with Crippen molar-refractivity contribution in [2.24, 2.45) is 4.99 Å². The van der Waals surface area contributed by atoms with Crippen LogP contribution in [0.4, 0.5) is 13.2 Å². The van der Waals surface area contributed by atoms with Gasteiger partial charge in [0.25, 0.3) is 0 Å². The van der Waals surface area contributed by atoms with E-state index in [0.29, 0.717) is 19.0 Å². The summed E-state index contributed by atoms with van der Waals surface area (Å²) in [7, 11) is 1.58. The highest BCUT2D eigenvalue weighted by atomic mass is 19.4. The van der Waals surface area contributed by atoms with E-state index in [1.165, 1.54) is 0 Å². The molecule has 0 aromatic heterocycles. The highest BCUT2D eigenvalue weighted by Crippen LogP contribution is 2.20. The van der Waals surface area contributed by atoms with Gasteiger partial charge in [-0.05, 0) is 25.5 Å². The summed E-state index contributed by atoms with van der Waals surface area (Å²) in [5, 5.41) is 5.59.